The topological polar surface area (TPSA) is 52.7 Å². The normalized spacial score (nSPS) is 22.7. The standard InChI is InChI=1S/C18H28FN3O2S/c1-21(17-5-3-2-4-6-17)25(23,24)20-13-15-11-12-22(14-15)18-9-7-16(19)8-10-18/h7-10,15,17,20H,2-6,11-14H2,1H3. The average Bonchev–Trinajstić information content (AvgIpc) is 3.10. The fraction of sp³-hybridized carbons (Fsp3) is 0.667. The maximum absolute atomic E-state index is 13.0. The molecule has 0 radical (unpaired) electrons. The zero-order valence-electron chi connectivity index (χ0n) is 14.8. The lowest BCUT2D eigenvalue weighted by Crippen LogP contribution is -2.46. The van der Waals surface area contributed by atoms with Crippen LogP contribution in [0.2, 0.25) is 0 Å². The highest BCUT2D eigenvalue weighted by atomic mass is 32.2. The Morgan fingerprint density at radius 3 is 2.52 bits per heavy atom. The second-order valence-corrected chi connectivity index (χ2v) is 9.05. The van der Waals surface area contributed by atoms with Gasteiger partial charge in [0.1, 0.15) is 5.82 Å². The van der Waals surface area contributed by atoms with Gasteiger partial charge in [0.05, 0.1) is 0 Å². The number of hydrogen-bond acceptors (Lipinski definition) is 3. The minimum absolute atomic E-state index is 0.130. The molecule has 1 unspecified atom stereocenters. The first-order chi connectivity index (χ1) is 12.0. The minimum atomic E-state index is -3.42. The van der Waals surface area contributed by atoms with Gasteiger partial charge in [0.15, 0.2) is 0 Å². The molecule has 1 aliphatic heterocycles. The van der Waals surface area contributed by atoms with Crippen LogP contribution in [0.15, 0.2) is 24.3 Å². The summed E-state index contributed by atoms with van der Waals surface area (Å²) in [4.78, 5) is 2.18. The molecule has 1 atom stereocenters. The van der Waals surface area contributed by atoms with Crippen LogP contribution in [0.1, 0.15) is 38.5 Å². The van der Waals surface area contributed by atoms with Gasteiger partial charge in [-0.1, -0.05) is 19.3 Å². The highest BCUT2D eigenvalue weighted by molar-refractivity contribution is 7.87. The molecule has 2 fully saturated rings. The van der Waals surface area contributed by atoms with Crippen molar-refractivity contribution in [2.75, 3.05) is 31.6 Å². The Bertz CT molecular complexity index is 659. The third-order valence-corrected chi connectivity index (χ3v) is 7.09. The van der Waals surface area contributed by atoms with E-state index < -0.39 is 10.2 Å². The van der Waals surface area contributed by atoms with Crippen molar-refractivity contribution in [2.24, 2.45) is 5.92 Å². The van der Waals surface area contributed by atoms with Crippen LogP contribution >= 0.6 is 0 Å². The van der Waals surface area contributed by atoms with Crippen molar-refractivity contribution in [2.45, 2.75) is 44.6 Å². The van der Waals surface area contributed by atoms with E-state index in [9.17, 15) is 12.8 Å². The van der Waals surface area contributed by atoms with E-state index in [0.717, 1.165) is 50.9 Å². The maximum atomic E-state index is 13.0. The van der Waals surface area contributed by atoms with Crippen LogP contribution in [-0.4, -0.2) is 45.4 Å². The first-order valence-corrected chi connectivity index (χ1v) is 10.6. The summed E-state index contributed by atoms with van der Waals surface area (Å²) in [6.07, 6.45) is 6.28. The molecule has 0 spiro atoms. The summed E-state index contributed by atoms with van der Waals surface area (Å²) in [7, 11) is -1.73. The van der Waals surface area contributed by atoms with Gasteiger partial charge < -0.3 is 4.90 Å². The Kier molecular flexibility index (Phi) is 5.96. The fourth-order valence-electron chi connectivity index (χ4n) is 3.85. The van der Waals surface area contributed by atoms with Crippen molar-refractivity contribution in [1.29, 1.82) is 0 Å². The van der Waals surface area contributed by atoms with Crippen molar-refractivity contribution in [1.82, 2.24) is 9.03 Å². The number of benzene rings is 1. The van der Waals surface area contributed by atoms with E-state index in [1.54, 1.807) is 19.2 Å². The van der Waals surface area contributed by atoms with Gasteiger partial charge in [-0.25, -0.2) is 9.11 Å². The van der Waals surface area contributed by atoms with Gasteiger partial charge in [-0.15, -0.1) is 0 Å². The zero-order chi connectivity index (χ0) is 17.9. The quantitative estimate of drug-likeness (QED) is 0.839. The van der Waals surface area contributed by atoms with E-state index in [2.05, 4.69) is 9.62 Å². The molecule has 3 rings (SSSR count). The Morgan fingerprint density at radius 2 is 1.84 bits per heavy atom. The second-order valence-electron chi connectivity index (χ2n) is 7.24. The highest BCUT2D eigenvalue weighted by Crippen LogP contribution is 2.25. The predicted octanol–water partition coefficient (Wildman–Crippen LogP) is 2.75. The molecule has 1 heterocycles. The van der Waals surface area contributed by atoms with Crippen molar-refractivity contribution < 1.29 is 12.8 Å². The summed E-state index contributed by atoms with van der Waals surface area (Å²) in [6.45, 7) is 2.12. The molecule has 1 aromatic rings. The van der Waals surface area contributed by atoms with Crippen LogP contribution in [-0.2, 0) is 10.2 Å². The van der Waals surface area contributed by atoms with Crippen LogP contribution < -0.4 is 9.62 Å². The van der Waals surface area contributed by atoms with E-state index in [1.165, 1.54) is 22.9 Å². The first kappa shape index (κ1) is 18.6. The largest absolute Gasteiger partial charge is 0.371 e. The summed E-state index contributed by atoms with van der Waals surface area (Å²) in [5.41, 5.74) is 0.992. The molecule has 0 aromatic heterocycles. The maximum Gasteiger partial charge on any atom is 0.279 e. The molecule has 25 heavy (non-hydrogen) atoms. The molecule has 1 saturated carbocycles. The molecular formula is C18H28FN3O2S. The Hall–Kier alpha value is -1.18. The predicted molar refractivity (Wildman–Crippen MR) is 98.3 cm³/mol. The smallest absolute Gasteiger partial charge is 0.279 e. The molecule has 2 aliphatic rings. The molecule has 5 nitrogen and oxygen atoms in total. The summed E-state index contributed by atoms with van der Waals surface area (Å²) < 4.78 is 42.4. The van der Waals surface area contributed by atoms with E-state index >= 15 is 0 Å². The number of nitrogens with one attached hydrogen (secondary N) is 1. The number of hydrogen-bond donors (Lipinski definition) is 1. The van der Waals surface area contributed by atoms with Gasteiger partial charge >= 0.3 is 0 Å². The molecule has 7 heteroatoms. The molecule has 1 N–H and O–H groups in total. The monoisotopic (exact) mass is 369 g/mol. The van der Waals surface area contributed by atoms with Crippen LogP contribution in [0.4, 0.5) is 10.1 Å². The number of rotatable bonds is 6. The van der Waals surface area contributed by atoms with Crippen LogP contribution in [0.25, 0.3) is 0 Å². The summed E-state index contributed by atoms with van der Waals surface area (Å²) in [5, 5.41) is 0. The Labute approximate surface area is 150 Å². The van der Waals surface area contributed by atoms with Crippen molar-refractivity contribution >= 4 is 15.9 Å². The number of anilines is 1. The zero-order valence-corrected chi connectivity index (χ0v) is 15.6. The van der Waals surface area contributed by atoms with E-state index in [4.69, 9.17) is 0 Å². The van der Waals surface area contributed by atoms with Crippen LogP contribution in [0, 0.1) is 11.7 Å². The molecule has 1 aromatic carbocycles. The lowest BCUT2D eigenvalue weighted by Gasteiger charge is -2.30. The van der Waals surface area contributed by atoms with Crippen LogP contribution in [0.3, 0.4) is 0 Å². The second kappa shape index (κ2) is 8.01. The first-order valence-electron chi connectivity index (χ1n) is 9.19. The van der Waals surface area contributed by atoms with Crippen molar-refractivity contribution in [3.8, 4) is 0 Å². The number of halogens is 1. The highest BCUT2D eigenvalue weighted by Gasteiger charge is 2.29. The van der Waals surface area contributed by atoms with Crippen molar-refractivity contribution in [3.63, 3.8) is 0 Å². The third-order valence-electron chi connectivity index (χ3n) is 5.50. The third kappa shape index (κ3) is 4.71. The minimum Gasteiger partial charge on any atom is -0.371 e. The summed E-state index contributed by atoms with van der Waals surface area (Å²) in [5.74, 6) is 0.0394. The molecule has 140 valence electrons. The van der Waals surface area contributed by atoms with E-state index in [1.807, 2.05) is 0 Å². The molecule has 1 saturated heterocycles. The van der Waals surface area contributed by atoms with Crippen LogP contribution in [0.5, 0.6) is 0 Å². The summed E-state index contributed by atoms with van der Waals surface area (Å²) >= 11 is 0. The van der Waals surface area contributed by atoms with Gasteiger partial charge in [0.2, 0.25) is 0 Å². The SMILES string of the molecule is CN(C1CCCCC1)S(=O)(=O)NCC1CCN(c2ccc(F)cc2)C1. The lowest BCUT2D eigenvalue weighted by atomic mass is 9.96. The van der Waals surface area contributed by atoms with E-state index in [0.29, 0.717) is 6.54 Å². The average molecular weight is 370 g/mol. The van der Waals surface area contributed by atoms with Crippen molar-refractivity contribution in [3.05, 3.63) is 30.1 Å². The fourth-order valence-corrected chi connectivity index (χ4v) is 5.10. The number of nitrogens with zero attached hydrogens (tertiary/aromatic N) is 2. The lowest BCUT2D eigenvalue weighted by molar-refractivity contribution is 0.282. The van der Waals surface area contributed by atoms with Gasteiger partial charge in [-0.2, -0.15) is 12.7 Å². The molecular weight excluding hydrogens is 341 g/mol. The summed E-state index contributed by atoms with van der Waals surface area (Å²) in [6, 6.07) is 6.61. The molecule has 1 aliphatic carbocycles. The molecule has 0 amide bonds. The van der Waals surface area contributed by atoms with E-state index in [-0.39, 0.29) is 17.8 Å². The van der Waals surface area contributed by atoms with Gasteiger partial charge in [-0.05, 0) is 49.4 Å². The van der Waals surface area contributed by atoms with Gasteiger partial charge in [0.25, 0.3) is 10.2 Å². The molecule has 0 bridgehead atoms. The Balaban J connectivity index is 1.50. The van der Waals surface area contributed by atoms with Gasteiger partial charge in [0, 0.05) is 38.4 Å². The Morgan fingerprint density at radius 1 is 1.16 bits per heavy atom. The van der Waals surface area contributed by atoms with Gasteiger partial charge in [-0.3, -0.25) is 0 Å².